The fourth-order valence-electron chi connectivity index (χ4n) is 3.26. The lowest BCUT2D eigenvalue weighted by molar-refractivity contribution is -0.143. The van der Waals surface area contributed by atoms with E-state index in [-0.39, 0.29) is 11.7 Å². The molecule has 1 aliphatic carbocycles. The molecule has 2 fully saturated rings. The second kappa shape index (κ2) is 5.57. The Morgan fingerprint density at radius 2 is 2.06 bits per heavy atom. The molecule has 1 spiro atoms. The summed E-state index contributed by atoms with van der Waals surface area (Å²) in [6.07, 6.45) is 8.76. The smallest absolute Gasteiger partial charge is 0.320 e. The molecule has 0 aromatic heterocycles. The first-order valence-electron chi connectivity index (χ1n) is 7.13. The van der Waals surface area contributed by atoms with Crippen molar-refractivity contribution in [2.75, 3.05) is 13.6 Å². The number of carboxylic acid groups (broad SMARTS) is 1. The Balaban J connectivity index is 1.83. The number of rotatable bonds is 4. The number of carbonyl (C=O) groups is 1. The van der Waals surface area contributed by atoms with Crippen LogP contribution in [0.15, 0.2) is 0 Å². The van der Waals surface area contributed by atoms with Gasteiger partial charge in [0.05, 0.1) is 11.7 Å². The van der Waals surface area contributed by atoms with E-state index >= 15 is 0 Å². The van der Waals surface area contributed by atoms with E-state index in [0.29, 0.717) is 0 Å². The summed E-state index contributed by atoms with van der Waals surface area (Å²) in [5.41, 5.74) is 0.135. The molecule has 0 amide bonds. The molecule has 2 rings (SSSR count). The first-order chi connectivity index (χ1) is 8.52. The number of nitrogens with zero attached hydrogens (tertiary/aromatic N) is 1. The van der Waals surface area contributed by atoms with Gasteiger partial charge in [-0.2, -0.15) is 0 Å². The molecule has 4 nitrogen and oxygen atoms in total. The zero-order valence-electron chi connectivity index (χ0n) is 11.5. The van der Waals surface area contributed by atoms with Crippen LogP contribution in [-0.2, 0) is 9.53 Å². The maximum absolute atomic E-state index is 10.9. The minimum atomic E-state index is -0.761. The number of ether oxygens (including phenoxy) is 1. The van der Waals surface area contributed by atoms with Crippen molar-refractivity contribution >= 4 is 5.97 Å². The molecule has 104 valence electrons. The predicted molar refractivity (Wildman–Crippen MR) is 69.7 cm³/mol. The van der Waals surface area contributed by atoms with Gasteiger partial charge in [-0.3, -0.25) is 9.69 Å². The van der Waals surface area contributed by atoms with Gasteiger partial charge in [-0.1, -0.05) is 19.3 Å². The maximum atomic E-state index is 10.9. The average molecular weight is 255 g/mol. The zero-order chi connectivity index (χ0) is 13.2. The molecule has 2 aliphatic rings. The summed E-state index contributed by atoms with van der Waals surface area (Å²) in [5.74, 6) is -0.761. The SMILES string of the molecule is CC(C(=O)O)N(C)CC1CCC2(CCCCC2)O1. The Labute approximate surface area is 109 Å². The largest absolute Gasteiger partial charge is 0.480 e. The summed E-state index contributed by atoms with van der Waals surface area (Å²) < 4.78 is 6.26. The fourth-order valence-corrected chi connectivity index (χ4v) is 3.26. The lowest BCUT2D eigenvalue weighted by Gasteiger charge is -2.34. The normalized spacial score (nSPS) is 28.7. The van der Waals surface area contributed by atoms with Crippen molar-refractivity contribution in [2.45, 2.75) is 69.6 Å². The van der Waals surface area contributed by atoms with Gasteiger partial charge in [-0.15, -0.1) is 0 Å². The third-order valence-electron chi connectivity index (χ3n) is 4.61. The minimum absolute atomic E-state index is 0.135. The second-order valence-corrected chi connectivity index (χ2v) is 5.98. The third kappa shape index (κ3) is 3.04. The first kappa shape index (κ1) is 13.8. The molecule has 18 heavy (non-hydrogen) atoms. The summed E-state index contributed by atoms with van der Waals surface area (Å²) in [6.45, 7) is 2.46. The molecular weight excluding hydrogens is 230 g/mol. The van der Waals surface area contributed by atoms with Crippen molar-refractivity contribution in [3.8, 4) is 0 Å². The van der Waals surface area contributed by atoms with Crippen LogP contribution in [0.1, 0.15) is 51.9 Å². The second-order valence-electron chi connectivity index (χ2n) is 5.98. The first-order valence-corrected chi connectivity index (χ1v) is 7.13. The number of hydrogen-bond donors (Lipinski definition) is 1. The number of aliphatic carboxylic acids is 1. The van der Waals surface area contributed by atoms with Crippen LogP contribution < -0.4 is 0 Å². The van der Waals surface area contributed by atoms with Gasteiger partial charge in [0.15, 0.2) is 0 Å². The highest BCUT2D eigenvalue weighted by Gasteiger charge is 2.41. The topological polar surface area (TPSA) is 49.8 Å². The van der Waals surface area contributed by atoms with Gasteiger partial charge >= 0.3 is 5.97 Å². The van der Waals surface area contributed by atoms with Crippen molar-refractivity contribution in [1.29, 1.82) is 0 Å². The number of carboxylic acids is 1. The summed E-state index contributed by atoms with van der Waals surface area (Å²) in [5, 5.41) is 8.99. The standard InChI is InChI=1S/C14H25NO3/c1-11(13(16)17)15(2)10-12-6-9-14(18-12)7-4-3-5-8-14/h11-12H,3-10H2,1-2H3,(H,16,17). The quantitative estimate of drug-likeness (QED) is 0.837. The lowest BCUT2D eigenvalue weighted by Crippen LogP contribution is -2.41. The van der Waals surface area contributed by atoms with Crippen molar-refractivity contribution in [1.82, 2.24) is 4.90 Å². The van der Waals surface area contributed by atoms with Gasteiger partial charge in [-0.25, -0.2) is 0 Å². The summed E-state index contributed by atoms with van der Waals surface area (Å²) in [6, 6.07) is -0.434. The van der Waals surface area contributed by atoms with Crippen LogP contribution in [-0.4, -0.2) is 47.3 Å². The van der Waals surface area contributed by atoms with Crippen molar-refractivity contribution in [3.05, 3.63) is 0 Å². The Hall–Kier alpha value is -0.610. The molecule has 2 atom stereocenters. The van der Waals surface area contributed by atoms with E-state index in [0.717, 1.165) is 19.4 Å². The molecule has 2 unspecified atom stereocenters. The maximum Gasteiger partial charge on any atom is 0.320 e. The van der Waals surface area contributed by atoms with E-state index < -0.39 is 12.0 Å². The Bertz CT molecular complexity index is 299. The average Bonchev–Trinajstić information content (AvgIpc) is 2.71. The third-order valence-corrected chi connectivity index (χ3v) is 4.61. The summed E-state index contributed by atoms with van der Waals surface area (Å²) in [7, 11) is 1.87. The highest BCUT2D eigenvalue weighted by atomic mass is 16.5. The summed E-state index contributed by atoms with van der Waals surface area (Å²) >= 11 is 0. The van der Waals surface area contributed by atoms with Gasteiger partial charge in [-0.05, 0) is 39.7 Å². The van der Waals surface area contributed by atoms with Gasteiger partial charge in [0.1, 0.15) is 6.04 Å². The van der Waals surface area contributed by atoms with Crippen LogP contribution in [0.3, 0.4) is 0 Å². The van der Waals surface area contributed by atoms with Crippen molar-refractivity contribution in [3.63, 3.8) is 0 Å². The highest BCUT2D eigenvalue weighted by Crippen LogP contribution is 2.41. The molecule has 0 aromatic carbocycles. The van der Waals surface area contributed by atoms with Crippen molar-refractivity contribution in [2.24, 2.45) is 0 Å². The zero-order valence-corrected chi connectivity index (χ0v) is 11.5. The minimum Gasteiger partial charge on any atom is -0.480 e. The van der Waals surface area contributed by atoms with Gasteiger partial charge in [0.25, 0.3) is 0 Å². The molecule has 1 N–H and O–H groups in total. The van der Waals surface area contributed by atoms with E-state index in [9.17, 15) is 4.79 Å². The van der Waals surface area contributed by atoms with Crippen LogP contribution in [0.2, 0.25) is 0 Å². The van der Waals surface area contributed by atoms with Crippen LogP contribution in [0.4, 0.5) is 0 Å². The van der Waals surface area contributed by atoms with Crippen molar-refractivity contribution < 1.29 is 14.6 Å². The van der Waals surface area contributed by atoms with Gasteiger partial charge < -0.3 is 9.84 Å². The van der Waals surface area contributed by atoms with Crippen LogP contribution in [0.5, 0.6) is 0 Å². The molecule has 1 aliphatic heterocycles. The lowest BCUT2D eigenvalue weighted by atomic mass is 9.83. The van der Waals surface area contributed by atoms with E-state index in [1.807, 2.05) is 11.9 Å². The summed E-state index contributed by atoms with van der Waals surface area (Å²) in [4.78, 5) is 12.8. The molecule has 0 radical (unpaired) electrons. The number of likely N-dealkylation sites (N-methyl/N-ethyl adjacent to an activating group) is 1. The fraction of sp³-hybridized carbons (Fsp3) is 0.929. The number of hydrogen-bond acceptors (Lipinski definition) is 3. The Morgan fingerprint density at radius 3 is 2.67 bits per heavy atom. The monoisotopic (exact) mass is 255 g/mol. The van der Waals surface area contributed by atoms with Crippen LogP contribution in [0, 0.1) is 0 Å². The van der Waals surface area contributed by atoms with Gasteiger partial charge in [0, 0.05) is 6.54 Å². The van der Waals surface area contributed by atoms with Crippen LogP contribution >= 0.6 is 0 Å². The molecule has 1 heterocycles. The molecule has 0 bridgehead atoms. The molecular formula is C14H25NO3. The van der Waals surface area contributed by atoms with E-state index in [4.69, 9.17) is 9.84 Å². The highest BCUT2D eigenvalue weighted by molar-refractivity contribution is 5.72. The molecule has 1 saturated carbocycles. The van der Waals surface area contributed by atoms with E-state index in [1.54, 1.807) is 6.92 Å². The molecule has 0 aromatic rings. The van der Waals surface area contributed by atoms with E-state index in [1.165, 1.54) is 32.1 Å². The Morgan fingerprint density at radius 1 is 1.39 bits per heavy atom. The Kier molecular flexibility index (Phi) is 4.28. The molecule has 4 heteroatoms. The predicted octanol–water partition coefficient (Wildman–Crippen LogP) is 2.27. The molecule has 1 saturated heterocycles. The van der Waals surface area contributed by atoms with E-state index in [2.05, 4.69) is 0 Å². The van der Waals surface area contributed by atoms with Gasteiger partial charge in [0.2, 0.25) is 0 Å². The van der Waals surface area contributed by atoms with Crippen LogP contribution in [0.25, 0.3) is 0 Å².